The van der Waals surface area contributed by atoms with Crippen molar-refractivity contribution in [2.45, 2.75) is 6.18 Å². The van der Waals surface area contributed by atoms with Crippen LogP contribution >= 0.6 is 0 Å². The molecule has 0 saturated heterocycles. The molecule has 102 valence electrons. The van der Waals surface area contributed by atoms with Gasteiger partial charge in [0.05, 0.1) is 11.8 Å². The van der Waals surface area contributed by atoms with Crippen molar-refractivity contribution in [2.75, 3.05) is 0 Å². The van der Waals surface area contributed by atoms with Gasteiger partial charge >= 0.3 is 6.18 Å². The molecule has 0 atom stereocenters. The highest BCUT2D eigenvalue weighted by molar-refractivity contribution is 5.67. The first-order valence-corrected chi connectivity index (χ1v) is 5.79. The molecule has 0 amide bonds. The minimum Gasteiger partial charge on any atom is -0.506 e. The second kappa shape index (κ2) is 4.26. The molecule has 0 unspecified atom stereocenters. The second-order valence-corrected chi connectivity index (χ2v) is 4.31. The van der Waals surface area contributed by atoms with E-state index in [4.69, 9.17) is 0 Å². The summed E-state index contributed by atoms with van der Waals surface area (Å²) in [4.78, 5) is 4.14. The fraction of sp³-hybridized carbons (Fsp3) is 0.0714. The molecule has 0 aliphatic carbocycles. The Morgan fingerprint density at radius 3 is 2.40 bits per heavy atom. The van der Waals surface area contributed by atoms with E-state index in [0.717, 1.165) is 12.1 Å². The number of pyridine rings is 1. The van der Waals surface area contributed by atoms with Crippen molar-refractivity contribution in [1.82, 2.24) is 9.38 Å². The number of rotatable bonds is 1. The minimum absolute atomic E-state index is 0.0677. The smallest absolute Gasteiger partial charge is 0.416 e. The van der Waals surface area contributed by atoms with Crippen LogP contribution in [-0.2, 0) is 6.18 Å². The van der Waals surface area contributed by atoms with E-state index in [2.05, 4.69) is 4.98 Å². The van der Waals surface area contributed by atoms with E-state index >= 15 is 0 Å². The van der Waals surface area contributed by atoms with Gasteiger partial charge in [0.15, 0.2) is 0 Å². The number of fused-ring (bicyclic) bond motifs is 1. The second-order valence-electron chi connectivity index (χ2n) is 4.31. The lowest BCUT2D eigenvalue weighted by Gasteiger charge is -2.07. The van der Waals surface area contributed by atoms with Crippen LogP contribution in [-0.4, -0.2) is 14.5 Å². The maximum absolute atomic E-state index is 12.5. The first-order chi connectivity index (χ1) is 9.47. The summed E-state index contributed by atoms with van der Waals surface area (Å²) < 4.78 is 39.2. The Labute approximate surface area is 111 Å². The number of halogens is 3. The number of alkyl halides is 3. The molecule has 1 aromatic carbocycles. The van der Waals surface area contributed by atoms with Gasteiger partial charge in [0.25, 0.3) is 0 Å². The molecule has 6 heteroatoms. The predicted molar refractivity (Wildman–Crippen MR) is 67.3 cm³/mol. The zero-order valence-electron chi connectivity index (χ0n) is 10.1. The number of hydrogen-bond donors (Lipinski definition) is 1. The highest BCUT2D eigenvalue weighted by atomic mass is 19.4. The summed E-state index contributed by atoms with van der Waals surface area (Å²) in [6, 6.07) is 7.91. The third-order valence-electron chi connectivity index (χ3n) is 3.02. The topological polar surface area (TPSA) is 37.5 Å². The van der Waals surface area contributed by atoms with Gasteiger partial charge in [-0.1, -0.05) is 12.1 Å². The first kappa shape index (κ1) is 12.5. The van der Waals surface area contributed by atoms with Crippen molar-refractivity contribution in [3.05, 3.63) is 54.4 Å². The molecule has 2 heterocycles. The average molecular weight is 278 g/mol. The van der Waals surface area contributed by atoms with Gasteiger partial charge < -0.3 is 5.11 Å². The summed E-state index contributed by atoms with van der Waals surface area (Å²) in [5.41, 5.74) is 0.343. The lowest BCUT2D eigenvalue weighted by molar-refractivity contribution is -0.137. The number of aromatic nitrogens is 2. The highest BCUT2D eigenvalue weighted by Gasteiger charge is 2.30. The molecule has 0 bridgehead atoms. The molecule has 20 heavy (non-hydrogen) atoms. The number of hydrogen-bond acceptors (Lipinski definition) is 2. The molecule has 0 aliphatic heterocycles. The van der Waals surface area contributed by atoms with E-state index in [0.29, 0.717) is 16.9 Å². The van der Waals surface area contributed by atoms with Gasteiger partial charge in [0.1, 0.15) is 17.1 Å². The van der Waals surface area contributed by atoms with Crippen molar-refractivity contribution in [1.29, 1.82) is 0 Å². The van der Waals surface area contributed by atoms with Crippen molar-refractivity contribution in [3.63, 3.8) is 0 Å². The Morgan fingerprint density at radius 2 is 1.75 bits per heavy atom. The molecule has 0 aliphatic rings. The van der Waals surface area contributed by atoms with Gasteiger partial charge in [-0.2, -0.15) is 13.2 Å². The van der Waals surface area contributed by atoms with Crippen LogP contribution in [0.2, 0.25) is 0 Å². The van der Waals surface area contributed by atoms with Crippen molar-refractivity contribution in [2.24, 2.45) is 0 Å². The first-order valence-electron chi connectivity index (χ1n) is 5.79. The molecule has 3 nitrogen and oxygen atoms in total. The summed E-state index contributed by atoms with van der Waals surface area (Å²) in [6.45, 7) is 0. The molecule has 1 N–H and O–H groups in total. The summed E-state index contributed by atoms with van der Waals surface area (Å²) in [6.07, 6.45) is -1.19. The van der Waals surface area contributed by atoms with Gasteiger partial charge in [-0.3, -0.25) is 4.40 Å². The third-order valence-corrected chi connectivity index (χ3v) is 3.02. The molecule has 0 fully saturated rings. The lowest BCUT2D eigenvalue weighted by atomic mass is 10.1. The van der Waals surface area contributed by atoms with Gasteiger partial charge in [-0.05, 0) is 24.3 Å². The van der Waals surface area contributed by atoms with Crippen LogP contribution < -0.4 is 0 Å². The van der Waals surface area contributed by atoms with E-state index in [9.17, 15) is 18.3 Å². The predicted octanol–water partition coefficient (Wildman–Crippen LogP) is 3.73. The van der Waals surface area contributed by atoms with Gasteiger partial charge in [0.2, 0.25) is 0 Å². The Morgan fingerprint density at radius 1 is 1.05 bits per heavy atom. The summed E-state index contributed by atoms with van der Waals surface area (Å²) in [5, 5.41) is 9.67. The maximum Gasteiger partial charge on any atom is 0.416 e. The zero-order chi connectivity index (χ0) is 14.3. The van der Waals surface area contributed by atoms with Crippen LogP contribution in [0.3, 0.4) is 0 Å². The van der Waals surface area contributed by atoms with E-state index in [-0.39, 0.29) is 5.75 Å². The van der Waals surface area contributed by atoms with Crippen LogP contribution in [0.4, 0.5) is 13.2 Å². The van der Waals surface area contributed by atoms with Gasteiger partial charge in [-0.15, -0.1) is 0 Å². The lowest BCUT2D eigenvalue weighted by Crippen LogP contribution is -2.04. The van der Waals surface area contributed by atoms with Crippen LogP contribution in [0.25, 0.3) is 16.9 Å². The Balaban J connectivity index is 2.10. The number of nitrogens with zero attached hydrogens (tertiary/aromatic N) is 2. The highest BCUT2D eigenvalue weighted by Crippen LogP contribution is 2.31. The van der Waals surface area contributed by atoms with Gasteiger partial charge in [0, 0.05) is 11.8 Å². The summed E-state index contributed by atoms with van der Waals surface area (Å²) in [5.74, 6) is 0.544. The number of imidazole rings is 1. The summed E-state index contributed by atoms with van der Waals surface area (Å²) >= 11 is 0. The standard InChI is InChI=1S/C14H9F3N2O/c15-14(16,17)10-5-3-9(4-6-10)13-18-8-11-12(20)2-1-7-19(11)13/h1-8,20H. The van der Waals surface area contributed by atoms with Crippen molar-refractivity contribution < 1.29 is 18.3 Å². The molecule has 0 spiro atoms. The normalized spacial score (nSPS) is 11.9. The maximum atomic E-state index is 12.5. The third kappa shape index (κ3) is 1.99. The monoisotopic (exact) mass is 278 g/mol. The fourth-order valence-electron chi connectivity index (χ4n) is 2.03. The fourth-order valence-corrected chi connectivity index (χ4v) is 2.03. The van der Waals surface area contributed by atoms with Crippen LogP contribution in [0.15, 0.2) is 48.8 Å². The minimum atomic E-state index is -4.36. The molecule has 3 rings (SSSR count). The molecule has 0 saturated carbocycles. The Kier molecular flexibility index (Phi) is 2.67. The quantitative estimate of drug-likeness (QED) is 0.736. The zero-order valence-corrected chi connectivity index (χ0v) is 10.1. The molecular formula is C14H9F3N2O. The molecular weight excluding hydrogens is 269 g/mol. The van der Waals surface area contributed by atoms with E-state index < -0.39 is 11.7 Å². The number of benzene rings is 1. The van der Waals surface area contributed by atoms with E-state index in [1.807, 2.05) is 0 Å². The van der Waals surface area contributed by atoms with Gasteiger partial charge in [-0.25, -0.2) is 4.98 Å². The molecule has 0 radical (unpaired) electrons. The average Bonchev–Trinajstić information content (AvgIpc) is 2.83. The molecule has 2 aromatic heterocycles. The molecule has 3 aromatic rings. The van der Waals surface area contributed by atoms with Crippen molar-refractivity contribution in [3.8, 4) is 17.1 Å². The van der Waals surface area contributed by atoms with E-state index in [1.165, 1.54) is 24.4 Å². The van der Waals surface area contributed by atoms with Crippen LogP contribution in [0, 0.1) is 0 Å². The SMILES string of the molecule is Oc1cccn2c(-c3ccc(C(F)(F)F)cc3)ncc12. The Bertz CT molecular complexity index is 760. The Hall–Kier alpha value is -2.50. The van der Waals surface area contributed by atoms with Crippen LogP contribution in [0.5, 0.6) is 5.75 Å². The summed E-state index contributed by atoms with van der Waals surface area (Å²) in [7, 11) is 0. The van der Waals surface area contributed by atoms with E-state index in [1.54, 1.807) is 16.7 Å². The van der Waals surface area contributed by atoms with Crippen molar-refractivity contribution >= 4 is 5.52 Å². The largest absolute Gasteiger partial charge is 0.506 e. The van der Waals surface area contributed by atoms with Crippen LogP contribution in [0.1, 0.15) is 5.56 Å². The number of aromatic hydroxyl groups is 1.